The normalized spacial score (nSPS) is 13.7. The fraction of sp³-hybridized carbons (Fsp3) is 0.612. The van der Waals surface area contributed by atoms with Gasteiger partial charge in [-0.1, -0.05) is 25.5 Å². The van der Waals surface area contributed by atoms with Crippen molar-refractivity contribution in [2.45, 2.75) is 140 Å². The molecule has 2 radical (unpaired) electrons. The number of hydrogen-bond acceptors (Lipinski definition) is 19. The molecule has 0 aliphatic heterocycles. The van der Waals surface area contributed by atoms with E-state index in [0.29, 0.717) is 107 Å². The van der Waals surface area contributed by atoms with Gasteiger partial charge < -0.3 is 81.8 Å². The zero-order valence-electron chi connectivity index (χ0n) is 43.3. The van der Waals surface area contributed by atoms with Crippen molar-refractivity contribution in [1.29, 1.82) is 0 Å². The zero-order chi connectivity index (χ0) is 55.1. The van der Waals surface area contributed by atoms with Gasteiger partial charge in [-0.25, -0.2) is 0 Å². The van der Waals surface area contributed by atoms with Crippen LogP contribution in [0.2, 0.25) is 0 Å². The Kier molecular flexibility index (Phi) is 29.9. The number of carbonyl (C=O) groups excluding carboxylic acids is 6. The van der Waals surface area contributed by atoms with Crippen molar-refractivity contribution >= 4 is 75.8 Å². The number of aliphatic hydroxyl groups is 1. The van der Waals surface area contributed by atoms with Crippen molar-refractivity contribution in [2.75, 3.05) is 67.2 Å². The molecule has 3 rings (SSSR count). The minimum absolute atomic E-state index is 0.106. The van der Waals surface area contributed by atoms with Gasteiger partial charge in [-0.2, -0.15) is 26.7 Å². The first-order chi connectivity index (χ1) is 36.1. The topological polar surface area (TPSA) is 427 Å². The highest BCUT2D eigenvalue weighted by Crippen LogP contribution is 2.26. The number of amides is 6. The molecule has 6 atom stereocenters. The van der Waals surface area contributed by atoms with Crippen molar-refractivity contribution in [3.63, 3.8) is 0 Å². The largest absolute Gasteiger partial charge is 0.480 e. The van der Waals surface area contributed by atoms with Crippen LogP contribution < -0.4 is 71.6 Å². The van der Waals surface area contributed by atoms with E-state index >= 15 is 0 Å². The number of rotatable bonds is 39. The van der Waals surface area contributed by atoms with Crippen molar-refractivity contribution in [2.24, 2.45) is 28.7 Å². The number of aromatic hydroxyl groups is 1. The monoisotopic (exact) mass is 1070 g/mol. The van der Waals surface area contributed by atoms with Gasteiger partial charge in [-0.15, -0.1) is 0 Å². The van der Waals surface area contributed by atoms with E-state index in [-0.39, 0.29) is 55.3 Å². The molecule has 0 spiro atoms. The number of imidazole rings is 1. The van der Waals surface area contributed by atoms with Gasteiger partial charge in [0.15, 0.2) is 17.0 Å². The average molecular weight is 1070 g/mol. The molecule has 0 aliphatic carbocycles. The summed E-state index contributed by atoms with van der Waals surface area (Å²) in [6, 6.07) is -0.455. The van der Waals surface area contributed by atoms with Gasteiger partial charge >= 0.3 is 0 Å². The van der Waals surface area contributed by atoms with E-state index < -0.39 is 78.3 Å². The Balaban J connectivity index is 1.80. The maximum absolute atomic E-state index is 14.2. The number of fused-ring (bicyclic) bond motifs is 1. The van der Waals surface area contributed by atoms with Crippen LogP contribution in [-0.4, -0.2) is 152 Å². The van der Waals surface area contributed by atoms with Crippen LogP contribution in [0.25, 0.3) is 11.2 Å². The summed E-state index contributed by atoms with van der Waals surface area (Å²) in [4.78, 5) is 95.6. The molecule has 2 heterocycles. The van der Waals surface area contributed by atoms with E-state index in [0.717, 1.165) is 18.4 Å². The summed E-state index contributed by atoms with van der Waals surface area (Å²) in [6.07, 6.45) is 8.03. The second-order valence-electron chi connectivity index (χ2n) is 18.1. The molecule has 2 aromatic heterocycles. The van der Waals surface area contributed by atoms with Gasteiger partial charge in [-0.3, -0.25) is 33.3 Å². The molecule has 6 amide bonds. The number of hydrogen-bond donors (Lipinski definition) is 15. The van der Waals surface area contributed by atoms with Crippen molar-refractivity contribution in [3.05, 3.63) is 43.2 Å². The second kappa shape index (κ2) is 35.4. The molecule has 0 saturated heterocycles. The first-order valence-electron chi connectivity index (χ1n) is 25.9. The Morgan fingerprint density at radius 3 is 1.59 bits per heavy atom. The van der Waals surface area contributed by atoms with Gasteiger partial charge in [0.1, 0.15) is 30.2 Å². The predicted octanol–water partition coefficient (Wildman–Crippen LogP) is -0.656. The summed E-state index contributed by atoms with van der Waals surface area (Å²) in [7, 11) is 0. The van der Waals surface area contributed by atoms with Crippen LogP contribution in [0.1, 0.15) is 102 Å². The Morgan fingerprint density at radius 1 is 0.667 bits per heavy atom. The first kappa shape index (κ1) is 63.4. The lowest BCUT2D eigenvalue weighted by atomic mass is 10.0. The number of benzene rings is 1. The van der Waals surface area contributed by atoms with Gasteiger partial charge in [0, 0.05) is 18.0 Å². The van der Waals surface area contributed by atoms with Crippen molar-refractivity contribution in [1.82, 2.24) is 46.1 Å². The number of nitrogens with two attached hydrogens (primary N) is 6. The fourth-order valence-electron chi connectivity index (χ4n) is 7.68. The molecule has 0 aliphatic rings. The number of aromatic nitrogens is 4. The number of anilines is 3. The molecular weight excluding hydrogens is 987 g/mol. The lowest BCUT2D eigenvalue weighted by molar-refractivity contribution is -0.135. The van der Waals surface area contributed by atoms with E-state index in [4.69, 9.17) is 34.4 Å². The molecule has 1 aromatic carbocycles. The molecule has 418 valence electrons. The number of unbranched alkanes of at least 4 members (excludes halogenated alkanes) is 5. The number of thioether (sulfide) groups is 1. The van der Waals surface area contributed by atoms with Gasteiger partial charge in [0.2, 0.25) is 41.4 Å². The van der Waals surface area contributed by atoms with Crippen LogP contribution in [0.15, 0.2) is 24.3 Å². The molecule has 0 unspecified atom stereocenters. The number of carbonyl (C=O) groups is 6. The molecule has 25 nitrogen and oxygen atoms in total. The number of nitrogens with one attached hydrogen (secondary N) is 7. The third-order valence-corrected chi connectivity index (χ3v) is 13.0. The maximum atomic E-state index is 14.2. The summed E-state index contributed by atoms with van der Waals surface area (Å²) in [5, 5.41) is 40.3. The molecule has 75 heavy (non-hydrogen) atoms. The highest BCUT2D eigenvalue weighted by atomic mass is 32.2. The molecule has 21 N–H and O–H groups in total. The van der Waals surface area contributed by atoms with E-state index in [9.17, 15) is 39.0 Å². The highest BCUT2D eigenvalue weighted by Gasteiger charge is 2.33. The third-order valence-electron chi connectivity index (χ3n) is 12.0. The minimum atomic E-state index is -1.43. The van der Waals surface area contributed by atoms with E-state index in [1.54, 1.807) is 30.7 Å². The standard InChI is InChI=1S/C49H83N17O8S/c1-3-5-26-56-48-64-40(55)39-41(65-48)66(49(74)63-39)28-31-18-20-32(21-19-31)57-43(69)34(14-6-10-22-50)58-44(70)35(15-7-11-23-51)59-45(71)36(16-8-12-24-52)60-46(72)37(17-9-13-25-53)61-47(73)38(29-67)62-42(68)33(54)30-75-27-4-2/h4,18-21,33-38,67H,2-3,5-17,22-30,50-54H2,1H3,(H,57,69)(H,58,70)(H,59,71)(H,60,72)(H,61,73)(H,62,68)(H,63,74)(H3,55,56,64,65)/t33-,34-,35+,36+,37+,38+/m1/s1. The third kappa shape index (κ3) is 22.1. The van der Waals surface area contributed by atoms with Crippen LogP contribution in [0.5, 0.6) is 6.01 Å². The summed E-state index contributed by atoms with van der Waals surface area (Å²) in [6.45, 7) is 7.02. The fourth-order valence-corrected chi connectivity index (χ4v) is 8.39. The molecule has 3 aromatic rings. The number of nitrogens with zero attached hydrogens (tertiary/aromatic N) is 4. The molecule has 0 saturated carbocycles. The Morgan fingerprint density at radius 2 is 1.13 bits per heavy atom. The van der Waals surface area contributed by atoms with Crippen LogP contribution in [0.3, 0.4) is 0 Å². The zero-order valence-corrected chi connectivity index (χ0v) is 44.1. The molecule has 0 fully saturated rings. The summed E-state index contributed by atoms with van der Waals surface area (Å²) in [5.41, 5.74) is 37.0. The predicted molar refractivity (Wildman–Crippen MR) is 292 cm³/mol. The average Bonchev–Trinajstić information content (AvgIpc) is 3.71. The second-order valence-corrected chi connectivity index (χ2v) is 19.2. The quantitative estimate of drug-likeness (QED) is 0.0315. The van der Waals surface area contributed by atoms with Crippen LogP contribution in [-0.2, 0) is 35.3 Å². The van der Waals surface area contributed by atoms with Crippen LogP contribution >= 0.6 is 11.8 Å². The first-order valence-corrected chi connectivity index (χ1v) is 27.0. The van der Waals surface area contributed by atoms with Crippen molar-refractivity contribution in [3.8, 4) is 6.01 Å². The van der Waals surface area contributed by atoms with Gasteiger partial charge in [-0.05, 0) is 146 Å². The SMILES string of the molecule is [CH2][CH]CSC[C@@H](N)C(=O)N[C@@H](CO)C(=O)N[C@@H](CCCCN)C(=O)N[C@@H](CCCCN)C(=O)N[C@@H](CCCCN)C(=O)N[C@H](CCCCN)C(=O)Nc1ccc(Cn2c(O)nc3c(N)nc(NCCCC)nc32)cc1. The summed E-state index contributed by atoms with van der Waals surface area (Å²) < 4.78 is 1.50. The minimum Gasteiger partial charge on any atom is -0.480 e. The molecular formula is C49H83N17O8S. The van der Waals surface area contributed by atoms with E-state index in [1.807, 2.05) is 0 Å². The Labute approximate surface area is 444 Å². The highest BCUT2D eigenvalue weighted by molar-refractivity contribution is 7.99. The number of nitrogen functional groups attached to an aromatic ring is 1. The molecule has 0 bridgehead atoms. The maximum Gasteiger partial charge on any atom is 0.296 e. The van der Waals surface area contributed by atoms with E-state index in [2.05, 4.69) is 66.0 Å². The molecule has 26 heteroatoms. The van der Waals surface area contributed by atoms with Gasteiger partial charge in [0.25, 0.3) is 6.01 Å². The van der Waals surface area contributed by atoms with Crippen LogP contribution in [0.4, 0.5) is 17.5 Å². The smallest absolute Gasteiger partial charge is 0.296 e. The van der Waals surface area contributed by atoms with Crippen molar-refractivity contribution < 1.29 is 39.0 Å². The van der Waals surface area contributed by atoms with Gasteiger partial charge in [0.05, 0.1) is 19.2 Å². The number of aliphatic hydroxyl groups excluding tert-OH is 1. The Hall–Kier alpha value is -5.90. The Bertz CT molecular complexity index is 2220. The lowest BCUT2D eigenvalue weighted by Gasteiger charge is -2.27. The van der Waals surface area contributed by atoms with E-state index in [1.165, 1.54) is 16.3 Å². The summed E-state index contributed by atoms with van der Waals surface area (Å²) in [5.74, 6) is -2.86. The summed E-state index contributed by atoms with van der Waals surface area (Å²) >= 11 is 1.36. The van der Waals surface area contributed by atoms with Crippen LogP contribution in [0, 0.1) is 13.3 Å². The lowest BCUT2D eigenvalue weighted by Crippen LogP contribution is -2.60.